The molecule has 128 valence electrons. The van der Waals surface area contributed by atoms with Gasteiger partial charge in [-0.3, -0.25) is 0 Å². The summed E-state index contributed by atoms with van der Waals surface area (Å²) in [5, 5.41) is 42.1. The van der Waals surface area contributed by atoms with E-state index >= 15 is 0 Å². The van der Waals surface area contributed by atoms with Crippen LogP contribution in [0.4, 0.5) is 8.78 Å². The van der Waals surface area contributed by atoms with Gasteiger partial charge in [0.25, 0.3) is 5.92 Å². The van der Waals surface area contributed by atoms with Gasteiger partial charge in [-0.2, -0.15) is 0 Å². The molecule has 3 aliphatic rings. The fourth-order valence-electron chi connectivity index (χ4n) is 4.35. The minimum Gasteiger partial charge on any atom is -0.364 e. The lowest BCUT2D eigenvalue weighted by Gasteiger charge is -2.51. The van der Waals surface area contributed by atoms with Crippen LogP contribution in [0.25, 0.3) is 0 Å². The molecule has 2 atom stereocenters. The average molecular weight is 321 g/mol. The third-order valence-corrected chi connectivity index (χ3v) is 6.31. The Labute approximate surface area is 128 Å². The van der Waals surface area contributed by atoms with Gasteiger partial charge in [-0.1, -0.05) is 13.8 Å². The lowest BCUT2D eigenvalue weighted by molar-refractivity contribution is -0.326. The molecule has 5 nitrogen and oxygen atoms in total. The lowest BCUT2D eigenvalue weighted by Crippen LogP contribution is -2.69. The van der Waals surface area contributed by atoms with Crippen LogP contribution in [0.2, 0.25) is 0 Å². The molecule has 3 fully saturated rings. The van der Waals surface area contributed by atoms with Crippen LogP contribution in [-0.4, -0.2) is 55.0 Å². The fraction of sp³-hybridized carbons (Fsp3) is 1.00. The molecule has 1 heterocycles. The molecule has 7 heteroatoms. The zero-order valence-electron chi connectivity index (χ0n) is 13.2. The summed E-state index contributed by atoms with van der Waals surface area (Å²) in [6, 6.07) is 0. The molecule has 4 N–H and O–H groups in total. The maximum Gasteiger partial charge on any atom is 0.252 e. The Morgan fingerprint density at radius 3 is 2.09 bits per heavy atom. The van der Waals surface area contributed by atoms with E-state index < -0.39 is 40.4 Å². The largest absolute Gasteiger partial charge is 0.364 e. The molecule has 0 aromatic rings. The first-order valence-electron chi connectivity index (χ1n) is 7.85. The van der Waals surface area contributed by atoms with E-state index in [4.69, 9.17) is 0 Å². The summed E-state index contributed by atoms with van der Waals surface area (Å²) in [6.45, 7) is 4.56. The highest BCUT2D eigenvalue weighted by molar-refractivity contribution is 5.24. The highest BCUT2D eigenvalue weighted by Crippen LogP contribution is 2.70. The molecular weight excluding hydrogens is 296 g/mol. The van der Waals surface area contributed by atoms with Crippen molar-refractivity contribution in [1.29, 1.82) is 0 Å². The molecule has 22 heavy (non-hydrogen) atoms. The highest BCUT2D eigenvalue weighted by atomic mass is 19.3. The topological polar surface area (TPSA) is 84.2 Å². The average Bonchev–Trinajstić information content (AvgIpc) is 3.21. The van der Waals surface area contributed by atoms with Gasteiger partial charge in [-0.25, -0.2) is 13.7 Å². The van der Waals surface area contributed by atoms with Crippen molar-refractivity contribution in [3.8, 4) is 0 Å². The monoisotopic (exact) mass is 321 g/mol. The molecule has 2 saturated carbocycles. The first-order chi connectivity index (χ1) is 9.80. The highest BCUT2D eigenvalue weighted by Gasteiger charge is 2.78. The molecule has 0 amide bonds. The van der Waals surface area contributed by atoms with Crippen LogP contribution >= 0.6 is 0 Å². The van der Waals surface area contributed by atoms with E-state index in [9.17, 15) is 29.2 Å². The van der Waals surface area contributed by atoms with Crippen molar-refractivity contribution < 1.29 is 29.2 Å². The molecule has 1 saturated heterocycles. The van der Waals surface area contributed by atoms with Crippen LogP contribution in [0.5, 0.6) is 0 Å². The van der Waals surface area contributed by atoms with Crippen molar-refractivity contribution in [2.24, 2.45) is 17.3 Å². The van der Waals surface area contributed by atoms with Crippen LogP contribution in [-0.2, 0) is 0 Å². The van der Waals surface area contributed by atoms with E-state index in [1.54, 1.807) is 20.8 Å². The molecule has 3 rings (SSSR count). The number of halogens is 2. The lowest BCUT2D eigenvalue weighted by atomic mass is 9.72. The SMILES string of the molecule is CC(C)C(O)(O)C1(C)N(CC2CC2(F)F)C(O)(O)CC12CC2. The molecule has 2 aliphatic carbocycles. The number of alkyl halides is 2. The van der Waals surface area contributed by atoms with E-state index in [0.717, 1.165) is 4.90 Å². The van der Waals surface area contributed by atoms with Crippen LogP contribution in [0.15, 0.2) is 0 Å². The molecule has 1 spiro atoms. The van der Waals surface area contributed by atoms with Crippen LogP contribution in [0, 0.1) is 17.3 Å². The Bertz CT molecular complexity index is 490. The molecule has 0 radical (unpaired) electrons. The minimum absolute atomic E-state index is 0.0512. The summed E-state index contributed by atoms with van der Waals surface area (Å²) < 4.78 is 26.6. The predicted molar refractivity (Wildman–Crippen MR) is 73.6 cm³/mol. The van der Waals surface area contributed by atoms with E-state index in [-0.39, 0.29) is 19.4 Å². The number of hydrogen-bond donors (Lipinski definition) is 4. The predicted octanol–water partition coefficient (Wildman–Crippen LogP) is 0.862. The summed E-state index contributed by atoms with van der Waals surface area (Å²) in [7, 11) is 0. The van der Waals surface area contributed by atoms with E-state index in [1.807, 2.05) is 0 Å². The van der Waals surface area contributed by atoms with Crippen LogP contribution in [0.3, 0.4) is 0 Å². The summed E-state index contributed by atoms with van der Waals surface area (Å²) in [5.41, 5.74) is -2.04. The second-order valence-electron chi connectivity index (χ2n) is 7.96. The Kier molecular flexibility index (Phi) is 3.14. The smallest absolute Gasteiger partial charge is 0.252 e. The molecule has 0 aromatic heterocycles. The third-order valence-electron chi connectivity index (χ3n) is 6.31. The van der Waals surface area contributed by atoms with Gasteiger partial charge >= 0.3 is 0 Å². The van der Waals surface area contributed by atoms with Crippen molar-refractivity contribution in [3.05, 3.63) is 0 Å². The summed E-state index contributed by atoms with van der Waals surface area (Å²) in [4.78, 5) is 1.11. The van der Waals surface area contributed by atoms with Crippen molar-refractivity contribution in [2.45, 2.75) is 69.6 Å². The zero-order chi connectivity index (χ0) is 16.8. The summed E-state index contributed by atoms with van der Waals surface area (Å²) in [6.07, 6.45) is 0.900. The molecular formula is C15H25F2NO4. The standard InChI is InChI=1S/C15H25F2NO4/c1-9(2)15(21,22)11(3)12(4-5-12)8-14(19,20)18(11)7-10-6-13(10,16)17/h9-10,19-22H,4-8H2,1-3H3. The van der Waals surface area contributed by atoms with Gasteiger partial charge in [0.15, 0.2) is 5.79 Å². The van der Waals surface area contributed by atoms with Crippen molar-refractivity contribution >= 4 is 0 Å². The Hall–Kier alpha value is -0.340. The van der Waals surface area contributed by atoms with Gasteiger partial charge in [0, 0.05) is 36.6 Å². The second-order valence-corrected chi connectivity index (χ2v) is 7.96. The van der Waals surface area contributed by atoms with Gasteiger partial charge in [0.1, 0.15) is 0 Å². The summed E-state index contributed by atoms with van der Waals surface area (Å²) in [5.74, 6) is -8.86. The Morgan fingerprint density at radius 1 is 1.23 bits per heavy atom. The number of hydrogen-bond acceptors (Lipinski definition) is 5. The van der Waals surface area contributed by atoms with Crippen LogP contribution in [0.1, 0.15) is 46.5 Å². The van der Waals surface area contributed by atoms with E-state index in [1.165, 1.54) is 0 Å². The number of nitrogens with zero attached hydrogens (tertiary/aromatic N) is 1. The molecule has 1 aliphatic heterocycles. The van der Waals surface area contributed by atoms with E-state index in [0.29, 0.717) is 12.8 Å². The third kappa shape index (κ3) is 1.92. The maximum absolute atomic E-state index is 13.3. The fourth-order valence-corrected chi connectivity index (χ4v) is 4.35. The van der Waals surface area contributed by atoms with Crippen LogP contribution < -0.4 is 0 Å². The van der Waals surface area contributed by atoms with Gasteiger partial charge in [-0.15, -0.1) is 0 Å². The molecule has 2 unspecified atom stereocenters. The zero-order valence-corrected chi connectivity index (χ0v) is 13.2. The normalized spacial score (nSPS) is 38.7. The Balaban J connectivity index is 2.00. The van der Waals surface area contributed by atoms with Gasteiger partial charge in [0.05, 0.1) is 5.54 Å². The van der Waals surface area contributed by atoms with Gasteiger partial charge < -0.3 is 20.4 Å². The number of likely N-dealkylation sites (tertiary alicyclic amines) is 1. The first kappa shape index (κ1) is 16.5. The minimum atomic E-state index is -2.80. The number of rotatable bonds is 4. The number of aliphatic hydroxyl groups is 4. The van der Waals surface area contributed by atoms with E-state index in [2.05, 4.69) is 0 Å². The van der Waals surface area contributed by atoms with Crippen molar-refractivity contribution in [3.63, 3.8) is 0 Å². The van der Waals surface area contributed by atoms with Crippen molar-refractivity contribution in [2.75, 3.05) is 6.54 Å². The van der Waals surface area contributed by atoms with Crippen molar-refractivity contribution in [1.82, 2.24) is 4.90 Å². The quantitative estimate of drug-likeness (QED) is 0.577. The van der Waals surface area contributed by atoms with Gasteiger partial charge in [0.2, 0.25) is 5.91 Å². The van der Waals surface area contributed by atoms with Gasteiger partial charge in [-0.05, 0) is 19.8 Å². The maximum atomic E-state index is 13.3. The molecule has 0 aromatic carbocycles. The Morgan fingerprint density at radius 2 is 1.73 bits per heavy atom. The first-order valence-corrected chi connectivity index (χ1v) is 7.85. The summed E-state index contributed by atoms with van der Waals surface area (Å²) >= 11 is 0. The molecule has 0 bridgehead atoms. The second kappa shape index (κ2) is 4.19.